The van der Waals surface area contributed by atoms with E-state index in [0.717, 1.165) is 34.5 Å². The Morgan fingerprint density at radius 2 is 2.00 bits per heavy atom. The third kappa shape index (κ3) is 2.00. The molecule has 1 aromatic carbocycles. The predicted octanol–water partition coefficient (Wildman–Crippen LogP) is 3.54. The van der Waals surface area contributed by atoms with Crippen LogP contribution in [0.15, 0.2) is 28.7 Å². The molecule has 0 radical (unpaired) electrons. The average Bonchev–Trinajstić information content (AvgIpc) is 2.77. The molecule has 3 nitrogen and oxygen atoms in total. The Balaban J connectivity index is 2.21. The molecule has 0 saturated carbocycles. The molecule has 0 unspecified atom stereocenters. The average molecular weight is 308 g/mol. The molecule has 3 rings (SSSR count). The molecule has 2 aromatic rings. The van der Waals surface area contributed by atoms with Gasteiger partial charge in [-0.15, -0.1) is 0 Å². The molecule has 0 fully saturated rings. The highest BCUT2D eigenvalue weighted by Gasteiger charge is 2.17. The van der Waals surface area contributed by atoms with Crippen LogP contribution in [0.2, 0.25) is 0 Å². The molecule has 2 N–H and O–H groups in total. The van der Waals surface area contributed by atoms with Crippen LogP contribution >= 0.6 is 28.1 Å². The predicted molar refractivity (Wildman–Crippen MR) is 74.8 cm³/mol. The molecule has 0 atom stereocenters. The Labute approximate surface area is 112 Å². The van der Waals surface area contributed by atoms with E-state index in [1.54, 1.807) is 0 Å². The van der Waals surface area contributed by atoms with Gasteiger partial charge in [0.15, 0.2) is 4.77 Å². The van der Waals surface area contributed by atoms with Crippen molar-refractivity contribution in [1.29, 1.82) is 0 Å². The normalized spacial score (nSPS) is 13.2. The van der Waals surface area contributed by atoms with Crippen LogP contribution in [0, 0.1) is 4.77 Å². The highest BCUT2D eigenvalue weighted by atomic mass is 79.9. The Bertz CT molecular complexity index is 619. The second-order valence-electron chi connectivity index (χ2n) is 3.93. The molecule has 0 spiro atoms. The van der Waals surface area contributed by atoms with Crippen molar-refractivity contribution in [3.05, 3.63) is 39.1 Å². The minimum Gasteiger partial charge on any atom is -0.369 e. The third-order valence-corrected chi connectivity index (χ3v) is 3.56. The van der Waals surface area contributed by atoms with Gasteiger partial charge in [-0.1, -0.05) is 28.1 Å². The van der Waals surface area contributed by atoms with Gasteiger partial charge in [-0.05, 0) is 36.3 Å². The number of anilines is 1. The smallest absolute Gasteiger partial charge is 0.199 e. The zero-order valence-electron chi connectivity index (χ0n) is 8.96. The Kier molecular flexibility index (Phi) is 2.72. The summed E-state index contributed by atoms with van der Waals surface area (Å²) in [6, 6.07) is 8.20. The molecular weight excluding hydrogens is 298 g/mol. The van der Waals surface area contributed by atoms with Crippen LogP contribution in [0.25, 0.3) is 11.3 Å². The van der Waals surface area contributed by atoms with E-state index in [-0.39, 0.29) is 0 Å². The van der Waals surface area contributed by atoms with Crippen molar-refractivity contribution in [2.24, 2.45) is 0 Å². The van der Waals surface area contributed by atoms with Crippen molar-refractivity contribution in [2.75, 3.05) is 11.9 Å². The van der Waals surface area contributed by atoms with Crippen LogP contribution in [0.3, 0.4) is 0 Å². The molecule has 0 bridgehead atoms. The second-order valence-corrected chi connectivity index (χ2v) is 5.23. The standard InChI is InChI=1S/C12H10BrN3S/c13-8-3-1-7(2-4-8)10-9-5-6-14-11(9)16-12(17)15-10/h1-4H,5-6H2,(H2,14,15,16,17). The fraction of sp³-hybridized carbons (Fsp3) is 0.167. The van der Waals surface area contributed by atoms with Crippen molar-refractivity contribution < 1.29 is 0 Å². The number of benzene rings is 1. The number of H-pyrrole nitrogens is 1. The van der Waals surface area contributed by atoms with E-state index >= 15 is 0 Å². The minimum atomic E-state index is 0.524. The quantitative estimate of drug-likeness (QED) is 0.792. The van der Waals surface area contributed by atoms with Gasteiger partial charge in [-0.2, -0.15) is 0 Å². The monoisotopic (exact) mass is 307 g/mol. The summed E-state index contributed by atoms with van der Waals surface area (Å²) in [7, 11) is 0. The summed E-state index contributed by atoms with van der Waals surface area (Å²) >= 11 is 8.59. The lowest BCUT2D eigenvalue weighted by Crippen LogP contribution is -1.95. The van der Waals surface area contributed by atoms with Crippen LogP contribution in [0.4, 0.5) is 5.82 Å². The van der Waals surface area contributed by atoms with Crippen molar-refractivity contribution in [1.82, 2.24) is 9.97 Å². The van der Waals surface area contributed by atoms with Gasteiger partial charge in [0.2, 0.25) is 0 Å². The number of hydrogen-bond acceptors (Lipinski definition) is 3. The van der Waals surface area contributed by atoms with E-state index in [1.807, 2.05) is 12.1 Å². The highest BCUT2D eigenvalue weighted by Crippen LogP contribution is 2.30. The first kappa shape index (κ1) is 10.9. The molecule has 0 aliphatic carbocycles. The van der Waals surface area contributed by atoms with Gasteiger partial charge in [0.25, 0.3) is 0 Å². The summed E-state index contributed by atoms with van der Waals surface area (Å²) in [4.78, 5) is 7.49. The fourth-order valence-electron chi connectivity index (χ4n) is 2.06. The highest BCUT2D eigenvalue weighted by molar-refractivity contribution is 9.10. The maximum absolute atomic E-state index is 5.15. The number of fused-ring (bicyclic) bond motifs is 1. The summed E-state index contributed by atoms with van der Waals surface area (Å²) in [5, 5.41) is 3.26. The maximum Gasteiger partial charge on any atom is 0.199 e. The number of aromatic amines is 1. The van der Waals surface area contributed by atoms with Crippen molar-refractivity contribution >= 4 is 34.0 Å². The summed E-state index contributed by atoms with van der Waals surface area (Å²) in [5.74, 6) is 0.923. The zero-order valence-corrected chi connectivity index (χ0v) is 11.4. The van der Waals surface area contributed by atoms with E-state index in [0.29, 0.717) is 4.77 Å². The number of halogens is 1. The zero-order chi connectivity index (χ0) is 11.8. The SMILES string of the molecule is S=c1nc2c(c(-c3ccc(Br)cc3)[nH]1)CCN2. The molecule has 5 heteroatoms. The number of aromatic nitrogens is 2. The molecule has 17 heavy (non-hydrogen) atoms. The van der Waals surface area contributed by atoms with Crippen LogP contribution < -0.4 is 5.32 Å². The van der Waals surface area contributed by atoms with Crippen LogP contribution in [0.1, 0.15) is 5.56 Å². The van der Waals surface area contributed by atoms with Crippen molar-refractivity contribution in [2.45, 2.75) is 6.42 Å². The van der Waals surface area contributed by atoms with Crippen molar-refractivity contribution in [3.8, 4) is 11.3 Å². The van der Waals surface area contributed by atoms with Gasteiger partial charge in [-0.3, -0.25) is 0 Å². The Hall–Kier alpha value is -1.20. The number of rotatable bonds is 1. The Morgan fingerprint density at radius 3 is 2.76 bits per heavy atom. The molecule has 86 valence electrons. The van der Waals surface area contributed by atoms with E-state index in [2.05, 4.69) is 43.3 Å². The fourth-order valence-corrected chi connectivity index (χ4v) is 2.51. The van der Waals surface area contributed by atoms with Gasteiger partial charge in [0.05, 0.1) is 5.69 Å². The van der Waals surface area contributed by atoms with Gasteiger partial charge in [-0.25, -0.2) is 4.98 Å². The van der Waals surface area contributed by atoms with Crippen LogP contribution in [-0.4, -0.2) is 16.5 Å². The number of hydrogen-bond donors (Lipinski definition) is 2. The minimum absolute atomic E-state index is 0.524. The summed E-state index contributed by atoms with van der Waals surface area (Å²) in [6.45, 7) is 0.929. The lowest BCUT2D eigenvalue weighted by atomic mass is 10.1. The van der Waals surface area contributed by atoms with E-state index < -0.39 is 0 Å². The Morgan fingerprint density at radius 1 is 1.24 bits per heavy atom. The van der Waals surface area contributed by atoms with Crippen molar-refractivity contribution in [3.63, 3.8) is 0 Å². The topological polar surface area (TPSA) is 40.7 Å². The maximum atomic E-state index is 5.15. The number of nitrogens with one attached hydrogen (secondary N) is 2. The molecule has 0 saturated heterocycles. The molecule has 1 aliphatic rings. The number of nitrogens with zero attached hydrogens (tertiary/aromatic N) is 1. The van der Waals surface area contributed by atoms with E-state index in [4.69, 9.17) is 12.2 Å². The van der Waals surface area contributed by atoms with Gasteiger partial charge in [0, 0.05) is 16.6 Å². The van der Waals surface area contributed by atoms with Crippen LogP contribution in [0.5, 0.6) is 0 Å². The molecule has 1 aromatic heterocycles. The molecular formula is C12H10BrN3S. The first-order valence-corrected chi connectivity index (χ1v) is 6.57. The van der Waals surface area contributed by atoms with Crippen LogP contribution in [-0.2, 0) is 6.42 Å². The summed E-state index contributed by atoms with van der Waals surface area (Å²) in [6.07, 6.45) is 0.986. The summed E-state index contributed by atoms with van der Waals surface area (Å²) in [5.41, 5.74) is 3.44. The van der Waals surface area contributed by atoms with E-state index in [9.17, 15) is 0 Å². The first-order chi connectivity index (χ1) is 8.24. The lowest BCUT2D eigenvalue weighted by molar-refractivity contribution is 1.08. The van der Waals surface area contributed by atoms with Gasteiger partial charge in [0.1, 0.15) is 5.82 Å². The third-order valence-electron chi connectivity index (χ3n) is 2.83. The van der Waals surface area contributed by atoms with Gasteiger partial charge >= 0.3 is 0 Å². The second kappa shape index (κ2) is 4.23. The molecule has 2 heterocycles. The molecule has 1 aliphatic heterocycles. The first-order valence-electron chi connectivity index (χ1n) is 5.37. The van der Waals surface area contributed by atoms with E-state index in [1.165, 1.54) is 5.56 Å². The summed E-state index contributed by atoms with van der Waals surface area (Å²) < 4.78 is 1.60. The van der Waals surface area contributed by atoms with Gasteiger partial charge < -0.3 is 10.3 Å². The lowest BCUT2D eigenvalue weighted by Gasteiger charge is -2.07. The molecule has 0 amide bonds. The largest absolute Gasteiger partial charge is 0.369 e.